The van der Waals surface area contributed by atoms with Crippen molar-refractivity contribution >= 4 is 22.9 Å². The minimum atomic E-state index is -5.72. The molecule has 0 unspecified atom stereocenters. The summed E-state index contributed by atoms with van der Waals surface area (Å²) in [5.74, 6) is -1.55. The van der Waals surface area contributed by atoms with Crippen LogP contribution in [0.3, 0.4) is 0 Å². The van der Waals surface area contributed by atoms with E-state index in [1.807, 2.05) is 6.92 Å². The lowest BCUT2D eigenvalue weighted by Gasteiger charge is -2.19. The van der Waals surface area contributed by atoms with Crippen LogP contribution in [-0.2, 0) is 13.0 Å². The minimum Gasteiger partial charge on any atom is -0.310 e. The van der Waals surface area contributed by atoms with E-state index in [1.165, 1.54) is 22.5 Å². The molecule has 0 aromatic carbocycles. The summed E-state index contributed by atoms with van der Waals surface area (Å²) in [7, 11) is 1.58. The van der Waals surface area contributed by atoms with Crippen molar-refractivity contribution in [3.8, 4) is 23.9 Å². The van der Waals surface area contributed by atoms with Crippen molar-refractivity contribution in [3.05, 3.63) is 35.7 Å². The molecular weight excluding hydrogens is 399 g/mol. The molecule has 0 N–H and O–H groups in total. The Morgan fingerprint density at radius 3 is 2.46 bits per heavy atom. The Balaban J connectivity index is 2.18. The second-order valence-electron chi connectivity index (χ2n) is 5.78. The van der Waals surface area contributed by atoms with Crippen LogP contribution in [0, 0.1) is 12.3 Å². The van der Waals surface area contributed by atoms with Crippen LogP contribution >= 0.6 is 11.8 Å². The number of alkyl halides is 5. The van der Waals surface area contributed by atoms with Gasteiger partial charge >= 0.3 is 12.1 Å². The standard InChI is InChI=1S/C18H13F5N4S/c1-4-10-6-13(28-5-2)14(24-8-10)16-26-12-7-11(9-25-15(12)27(16)3)17(19,20)18(21,22)23/h1,6-9H,5H2,2-3H3. The number of aromatic nitrogens is 4. The number of imidazole rings is 1. The molecule has 0 aliphatic rings. The van der Waals surface area contributed by atoms with Crippen LogP contribution in [0.1, 0.15) is 18.1 Å². The average molecular weight is 412 g/mol. The van der Waals surface area contributed by atoms with Crippen LogP contribution in [0.25, 0.3) is 22.7 Å². The van der Waals surface area contributed by atoms with Crippen molar-refractivity contribution < 1.29 is 22.0 Å². The summed E-state index contributed by atoms with van der Waals surface area (Å²) in [6.45, 7) is 1.93. The zero-order chi connectivity index (χ0) is 20.7. The number of thioether (sulfide) groups is 1. The first-order chi connectivity index (χ1) is 13.1. The molecule has 0 atom stereocenters. The summed E-state index contributed by atoms with van der Waals surface area (Å²) in [6, 6.07) is 2.44. The normalized spacial score (nSPS) is 12.4. The van der Waals surface area contributed by atoms with Gasteiger partial charge in [-0.05, 0) is 17.9 Å². The van der Waals surface area contributed by atoms with E-state index in [0.717, 1.165) is 4.90 Å². The third-order valence-corrected chi connectivity index (χ3v) is 4.87. The molecule has 0 fully saturated rings. The van der Waals surface area contributed by atoms with E-state index in [1.54, 1.807) is 13.1 Å². The number of pyridine rings is 2. The van der Waals surface area contributed by atoms with E-state index in [0.29, 0.717) is 29.3 Å². The van der Waals surface area contributed by atoms with Gasteiger partial charge in [-0.25, -0.2) is 9.97 Å². The number of aryl methyl sites for hydroxylation is 1. The first kappa shape index (κ1) is 20.1. The van der Waals surface area contributed by atoms with E-state index in [9.17, 15) is 22.0 Å². The SMILES string of the molecule is C#Cc1cnc(-c2nc3cc(C(F)(F)C(F)(F)F)cnc3n2C)c(SCC)c1. The molecular formula is C18H13F5N4S. The number of fused-ring (bicyclic) bond motifs is 1. The summed E-state index contributed by atoms with van der Waals surface area (Å²) < 4.78 is 66.7. The molecule has 0 aliphatic carbocycles. The molecule has 0 saturated carbocycles. The molecule has 0 spiro atoms. The van der Waals surface area contributed by atoms with Crippen LogP contribution in [-0.4, -0.2) is 31.4 Å². The van der Waals surface area contributed by atoms with Crippen LogP contribution in [0.4, 0.5) is 22.0 Å². The lowest BCUT2D eigenvalue weighted by molar-refractivity contribution is -0.289. The van der Waals surface area contributed by atoms with Crippen molar-refractivity contribution in [2.24, 2.45) is 7.05 Å². The van der Waals surface area contributed by atoms with Crippen molar-refractivity contribution in [2.45, 2.75) is 23.9 Å². The van der Waals surface area contributed by atoms with Gasteiger partial charge in [0, 0.05) is 29.9 Å². The molecule has 10 heteroatoms. The van der Waals surface area contributed by atoms with E-state index >= 15 is 0 Å². The fraction of sp³-hybridized carbons (Fsp3) is 0.278. The van der Waals surface area contributed by atoms with Crippen molar-refractivity contribution in [1.29, 1.82) is 0 Å². The Morgan fingerprint density at radius 2 is 1.86 bits per heavy atom. The molecule has 3 aromatic heterocycles. The number of hydrogen-bond donors (Lipinski definition) is 0. The predicted octanol–water partition coefficient (Wildman–Crippen LogP) is 4.78. The minimum absolute atomic E-state index is 0.0887. The van der Waals surface area contributed by atoms with Crippen molar-refractivity contribution in [3.63, 3.8) is 0 Å². The van der Waals surface area contributed by atoms with E-state index in [-0.39, 0.29) is 17.0 Å². The number of hydrogen-bond acceptors (Lipinski definition) is 4. The largest absolute Gasteiger partial charge is 0.458 e. The third kappa shape index (κ3) is 3.30. The predicted molar refractivity (Wildman–Crippen MR) is 96.0 cm³/mol. The smallest absolute Gasteiger partial charge is 0.310 e. The van der Waals surface area contributed by atoms with Gasteiger partial charge in [-0.2, -0.15) is 22.0 Å². The Labute approximate surface area is 161 Å². The van der Waals surface area contributed by atoms with Crippen LogP contribution in [0.15, 0.2) is 29.4 Å². The molecule has 0 amide bonds. The zero-order valence-electron chi connectivity index (χ0n) is 14.7. The van der Waals surface area contributed by atoms with Gasteiger partial charge in [0.25, 0.3) is 0 Å². The molecule has 0 saturated heterocycles. The molecule has 28 heavy (non-hydrogen) atoms. The molecule has 0 bridgehead atoms. The van der Waals surface area contributed by atoms with E-state index in [4.69, 9.17) is 6.42 Å². The fourth-order valence-corrected chi connectivity index (χ4v) is 3.38. The van der Waals surface area contributed by atoms with Gasteiger partial charge in [-0.1, -0.05) is 12.8 Å². The lowest BCUT2D eigenvalue weighted by atomic mass is 10.1. The van der Waals surface area contributed by atoms with Gasteiger partial charge < -0.3 is 4.57 Å². The van der Waals surface area contributed by atoms with Crippen molar-refractivity contribution in [1.82, 2.24) is 19.5 Å². The molecule has 146 valence electrons. The highest BCUT2D eigenvalue weighted by Gasteiger charge is 2.59. The van der Waals surface area contributed by atoms with E-state index < -0.39 is 17.7 Å². The molecule has 0 aliphatic heterocycles. The Hall–Kier alpha value is -2.67. The quantitative estimate of drug-likeness (QED) is 0.352. The summed E-state index contributed by atoms with van der Waals surface area (Å²) in [5, 5.41) is 0. The lowest BCUT2D eigenvalue weighted by Crippen LogP contribution is -2.33. The van der Waals surface area contributed by atoms with Gasteiger partial charge in [0.15, 0.2) is 11.5 Å². The number of terminal acetylenes is 1. The number of rotatable bonds is 4. The Kier molecular flexibility index (Phi) is 5.06. The summed E-state index contributed by atoms with van der Waals surface area (Å²) >= 11 is 1.46. The van der Waals surface area contributed by atoms with Gasteiger partial charge in [0.1, 0.15) is 11.2 Å². The summed E-state index contributed by atoms with van der Waals surface area (Å²) in [5.41, 5.74) is -0.198. The maximum absolute atomic E-state index is 13.6. The van der Waals surface area contributed by atoms with Gasteiger partial charge in [0.2, 0.25) is 0 Å². The molecule has 3 aromatic rings. The fourth-order valence-electron chi connectivity index (χ4n) is 2.58. The van der Waals surface area contributed by atoms with Crippen molar-refractivity contribution in [2.75, 3.05) is 5.75 Å². The van der Waals surface area contributed by atoms with Gasteiger partial charge in [0.05, 0.1) is 5.56 Å². The molecule has 3 heterocycles. The van der Waals surface area contributed by atoms with E-state index in [2.05, 4.69) is 20.9 Å². The Morgan fingerprint density at radius 1 is 1.14 bits per heavy atom. The second-order valence-corrected chi connectivity index (χ2v) is 7.09. The summed E-state index contributed by atoms with van der Waals surface area (Å²) in [4.78, 5) is 13.0. The number of halogens is 5. The third-order valence-electron chi connectivity index (χ3n) is 3.96. The maximum atomic E-state index is 13.6. The molecule has 3 rings (SSSR count). The first-order valence-corrected chi connectivity index (χ1v) is 8.96. The van der Waals surface area contributed by atoms with Crippen LogP contribution in [0.2, 0.25) is 0 Å². The maximum Gasteiger partial charge on any atom is 0.458 e. The van der Waals surface area contributed by atoms with Gasteiger partial charge in [-0.3, -0.25) is 4.98 Å². The highest BCUT2D eigenvalue weighted by Crippen LogP contribution is 2.44. The number of nitrogens with zero attached hydrogens (tertiary/aromatic N) is 4. The second kappa shape index (κ2) is 7.05. The topological polar surface area (TPSA) is 43.6 Å². The first-order valence-electron chi connectivity index (χ1n) is 7.97. The van der Waals surface area contributed by atoms with Crippen LogP contribution in [0.5, 0.6) is 0 Å². The molecule has 0 radical (unpaired) electrons. The Bertz CT molecular complexity index is 1080. The monoisotopic (exact) mass is 412 g/mol. The van der Waals surface area contributed by atoms with Crippen LogP contribution < -0.4 is 0 Å². The summed E-state index contributed by atoms with van der Waals surface area (Å²) in [6.07, 6.45) is 1.64. The average Bonchev–Trinajstić information content (AvgIpc) is 2.97. The highest BCUT2D eigenvalue weighted by atomic mass is 32.2. The van der Waals surface area contributed by atoms with Gasteiger partial charge in [-0.15, -0.1) is 18.2 Å². The molecule has 4 nitrogen and oxygen atoms in total. The highest BCUT2D eigenvalue weighted by molar-refractivity contribution is 7.99. The zero-order valence-corrected chi connectivity index (χ0v) is 15.5.